The molecule has 2 aromatic heterocycles. The van der Waals surface area contributed by atoms with Crippen molar-refractivity contribution in [3.63, 3.8) is 0 Å². The van der Waals surface area contributed by atoms with Crippen molar-refractivity contribution in [3.8, 4) is 16.3 Å². The van der Waals surface area contributed by atoms with Crippen molar-refractivity contribution < 1.29 is 13.9 Å². The average Bonchev–Trinajstić information content (AvgIpc) is 3.27. The zero-order valence-electron chi connectivity index (χ0n) is 16.4. The van der Waals surface area contributed by atoms with Gasteiger partial charge >= 0.3 is 0 Å². The van der Waals surface area contributed by atoms with Crippen molar-refractivity contribution in [2.24, 2.45) is 0 Å². The highest BCUT2D eigenvalue weighted by atomic mass is 79.9. The number of amides is 1. The summed E-state index contributed by atoms with van der Waals surface area (Å²) in [7, 11) is 0. The zero-order chi connectivity index (χ0) is 20.7. The molecule has 0 saturated carbocycles. The molecule has 6 nitrogen and oxygen atoms in total. The van der Waals surface area contributed by atoms with Crippen molar-refractivity contribution in [1.82, 2.24) is 20.4 Å². The van der Waals surface area contributed by atoms with Gasteiger partial charge in [0.05, 0.1) is 33.3 Å². The summed E-state index contributed by atoms with van der Waals surface area (Å²) in [6.45, 7) is 2.65. The lowest BCUT2D eigenvalue weighted by atomic mass is 9.86. The lowest BCUT2D eigenvalue weighted by Gasteiger charge is -2.33. The number of carbonyl (C=O) groups is 1. The van der Waals surface area contributed by atoms with E-state index in [2.05, 4.69) is 31.7 Å². The van der Waals surface area contributed by atoms with E-state index in [0.29, 0.717) is 24.6 Å². The molecule has 1 fully saturated rings. The van der Waals surface area contributed by atoms with Gasteiger partial charge in [-0.3, -0.25) is 9.48 Å². The van der Waals surface area contributed by atoms with Crippen LogP contribution in [0.25, 0.3) is 11.3 Å². The van der Waals surface area contributed by atoms with Gasteiger partial charge in [-0.2, -0.15) is 5.10 Å². The number of ether oxygens (including phenoxy) is 1. The Balaban J connectivity index is 0.00000231. The number of hydrogen-bond donors (Lipinski definition) is 2. The van der Waals surface area contributed by atoms with E-state index >= 15 is 0 Å². The highest BCUT2D eigenvalue weighted by Gasteiger charge is 2.30. The fourth-order valence-electron chi connectivity index (χ4n) is 4.17. The SMILES string of the molecule is Cl.O=C(N[C@@H]1CNCC[C@H]1c1cccc(F)c1)c1cc2c(s1)OCCn1ncc(Br)c1-2. The molecule has 164 valence electrons. The Kier molecular flexibility index (Phi) is 6.66. The van der Waals surface area contributed by atoms with Gasteiger partial charge in [-0.05, 0) is 52.7 Å². The largest absolute Gasteiger partial charge is 0.481 e. The number of halogens is 3. The molecule has 10 heteroatoms. The number of fused-ring (bicyclic) bond motifs is 3. The number of nitrogens with one attached hydrogen (secondary N) is 2. The van der Waals surface area contributed by atoms with Gasteiger partial charge in [0, 0.05) is 18.5 Å². The maximum Gasteiger partial charge on any atom is 0.261 e. The first kappa shape index (κ1) is 22.3. The molecule has 0 aliphatic carbocycles. The molecule has 1 amide bonds. The van der Waals surface area contributed by atoms with Crippen LogP contribution < -0.4 is 15.4 Å². The number of piperidine rings is 1. The van der Waals surface area contributed by atoms with E-state index < -0.39 is 0 Å². The van der Waals surface area contributed by atoms with E-state index in [1.165, 1.54) is 17.4 Å². The third-order valence-electron chi connectivity index (χ3n) is 5.58. The number of carbonyl (C=O) groups excluding carboxylic acids is 1. The Morgan fingerprint density at radius 1 is 1.39 bits per heavy atom. The first-order valence-electron chi connectivity index (χ1n) is 9.85. The topological polar surface area (TPSA) is 68.2 Å². The van der Waals surface area contributed by atoms with Crippen LogP contribution in [0.5, 0.6) is 5.06 Å². The molecule has 2 aliphatic heterocycles. The lowest BCUT2D eigenvalue weighted by Crippen LogP contribution is -2.49. The van der Waals surface area contributed by atoms with Crippen molar-refractivity contribution >= 4 is 45.6 Å². The standard InChI is InChI=1S/C21H20BrFN4O2S.ClH/c22-16-10-25-27-6-7-29-21-15(19(16)27)9-18(30-21)20(28)26-17-11-24-5-4-14(17)12-2-1-3-13(23)8-12;/h1-3,8-10,14,17,24H,4-7,11H2,(H,26,28);1H/t14-,17+;/m0./s1. The van der Waals surface area contributed by atoms with Gasteiger partial charge in [0.25, 0.3) is 5.91 Å². The number of thiophene rings is 1. The Hall–Kier alpha value is -1.94. The minimum absolute atomic E-state index is 0. The van der Waals surface area contributed by atoms with Crippen molar-refractivity contribution in [2.45, 2.75) is 24.9 Å². The van der Waals surface area contributed by atoms with Gasteiger partial charge in [0.2, 0.25) is 0 Å². The van der Waals surface area contributed by atoms with Crippen LogP contribution >= 0.6 is 39.7 Å². The molecular weight excluding hydrogens is 507 g/mol. The minimum Gasteiger partial charge on any atom is -0.481 e. The number of rotatable bonds is 3. The molecule has 31 heavy (non-hydrogen) atoms. The summed E-state index contributed by atoms with van der Waals surface area (Å²) >= 11 is 4.89. The second-order valence-corrected chi connectivity index (χ2v) is 9.33. The van der Waals surface area contributed by atoms with Gasteiger partial charge in [-0.15, -0.1) is 12.4 Å². The van der Waals surface area contributed by atoms with Crippen LogP contribution in [0.3, 0.4) is 0 Å². The fraction of sp³-hybridized carbons (Fsp3) is 0.333. The van der Waals surface area contributed by atoms with Crippen molar-refractivity contribution in [2.75, 3.05) is 19.7 Å². The summed E-state index contributed by atoms with van der Waals surface area (Å²) in [5.74, 6) is -0.332. The van der Waals surface area contributed by atoms with Gasteiger partial charge in [-0.25, -0.2) is 4.39 Å². The number of benzene rings is 1. The normalized spacial score (nSPS) is 19.9. The smallest absolute Gasteiger partial charge is 0.261 e. The predicted octanol–water partition coefficient (Wildman–Crippen LogP) is 4.20. The van der Waals surface area contributed by atoms with Crippen LogP contribution in [0.2, 0.25) is 0 Å². The van der Waals surface area contributed by atoms with Crippen LogP contribution in [0.4, 0.5) is 4.39 Å². The average molecular weight is 528 g/mol. The molecule has 2 atom stereocenters. The molecule has 2 N–H and O–H groups in total. The highest BCUT2D eigenvalue weighted by molar-refractivity contribution is 9.10. The van der Waals surface area contributed by atoms with Gasteiger partial charge in [-0.1, -0.05) is 23.5 Å². The van der Waals surface area contributed by atoms with E-state index in [4.69, 9.17) is 4.74 Å². The molecule has 4 heterocycles. The molecule has 0 bridgehead atoms. The zero-order valence-corrected chi connectivity index (χ0v) is 19.7. The molecule has 0 radical (unpaired) electrons. The molecule has 5 rings (SSSR count). The third kappa shape index (κ3) is 4.37. The van der Waals surface area contributed by atoms with Crippen LogP contribution in [0, 0.1) is 5.82 Å². The lowest BCUT2D eigenvalue weighted by molar-refractivity contribution is 0.0928. The van der Waals surface area contributed by atoms with E-state index in [1.807, 2.05) is 16.8 Å². The molecule has 1 aromatic carbocycles. The number of hydrogen-bond acceptors (Lipinski definition) is 5. The summed E-state index contributed by atoms with van der Waals surface area (Å²) in [5, 5.41) is 11.6. The maximum absolute atomic E-state index is 13.7. The van der Waals surface area contributed by atoms with E-state index in [-0.39, 0.29) is 36.1 Å². The third-order valence-corrected chi connectivity index (χ3v) is 7.21. The van der Waals surface area contributed by atoms with Gasteiger partial charge in [0.15, 0.2) is 5.06 Å². The summed E-state index contributed by atoms with van der Waals surface area (Å²) in [5.41, 5.74) is 2.71. The van der Waals surface area contributed by atoms with E-state index in [0.717, 1.165) is 39.3 Å². The number of nitrogens with zero attached hydrogens (tertiary/aromatic N) is 2. The predicted molar refractivity (Wildman–Crippen MR) is 124 cm³/mol. The van der Waals surface area contributed by atoms with Crippen LogP contribution in [0.15, 0.2) is 41.0 Å². The monoisotopic (exact) mass is 526 g/mol. The van der Waals surface area contributed by atoms with Crippen molar-refractivity contribution in [1.29, 1.82) is 0 Å². The second-order valence-electron chi connectivity index (χ2n) is 7.46. The molecule has 3 aromatic rings. The van der Waals surface area contributed by atoms with E-state index in [9.17, 15) is 9.18 Å². The second kappa shape index (κ2) is 9.28. The summed E-state index contributed by atoms with van der Waals surface area (Å²) in [6.07, 6.45) is 2.60. The summed E-state index contributed by atoms with van der Waals surface area (Å²) in [6, 6.07) is 8.41. The van der Waals surface area contributed by atoms with Gasteiger partial charge in [0.1, 0.15) is 12.4 Å². The maximum atomic E-state index is 13.7. The first-order chi connectivity index (χ1) is 14.6. The molecule has 1 saturated heterocycles. The van der Waals surface area contributed by atoms with Crippen molar-refractivity contribution in [3.05, 3.63) is 57.3 Å². The molecule has 2 aliphatic rings. The quantitative estimate of drug-likeness (QED) is 0.536. The van der Waals surface area contributed by atoms with Crippen LogP contribution in [-0.4, -0.2) is 41.4 Å². The Morgan fingerprint density at radius 3 is 3.10 bits per heavy atom. The highest BCUT2D eigenvalue weighted by Crippen LogP contribution is 2.42. The first-order valence-corrected chi connectivity index (χ1v) is 11.5. The van der Waals surface area contributed by atoms with Gasteiger partial charge < -0.3 is 15.4 Å². The summed E-state index contributed by atoms with van der Waals surface area (Å²) in [4.78, 5) is 13.7. The molecule has 0 spiro atoms. The van der Waals surface area contributed by atoms with E-state index in [1.54, 1.807) is 18.3 Å². The molecule has 0 unspecified atom stereocenters. The minimum atomic E-state index is -0.252. The molecular formula is C21H21BrClFN4O2S. The Bertz CT molecular complexity index is 1100. The number of aromatic nitrogens is 2. The fourth-order valence-corrected chi connectivity index (χ4v) is 5.61. The van der Waals surface area contributed by atoms with Crippen LogP contribution in [0.1, 0.15) is 27.6 Å². The Morgan fingerprint density at radius 2 is 2.26 bits per heavy atom. The van der Waals surface area contributed by atoms with Crippen LogP contribution in [-0.2, 0) is 6.54 Å². The summed E-state index contributed by atoms with van der Waals surface area (Å²) < 4.78 is 22.4. The Labute approximate surface area is 197 Å².